The molecule has 21 heavy (non-hydrogen) atoms. The Kier molecular flexibility index (Phi) is 4.03. The van der Waals surface area contributed by atoms with Gasteiger partial charge in [0.15, 0.2) is 0 Å². The SMILES string of the molecule is Cc1c(C)c(C)c(C(=O)Nc2ccccc2N)c(C)c1C. The third-order valence-corrected chi connectivity index (χ3v) is 4.44. The molecule has 2 aromatic rings. The van der Waals surface area contributed by atoms with Gasteiger partial charge in [0.25, 0.3) is 5.91 Å². The van der Waals surface area contributed by atoms with Crippen molar-refractivity contribution < 1.29 is 4.79 Å². The van der Waals surface area contributed by atoms with Crippen LogP contribution in [0.5, 0.6) is 0 Å². The maximum absolute atomic E-state index is 12.7. The van der Waals surface area contributed by atoms with Crippen LogP contribution in [0.3, 0.4) is 0 Å². The van der Waals surface area contributed by atoms with E-state index in [0.29, 0.717) is 11.4 Å². The van der Waals surface area contributed by atoms with E-state index in [-0.39, 0.29) is 5.91 Å². The van der Waals surface area contributed by atoms with Crippen LogP contribution in [0.4, 0.5) is 11.4 Å². The summed E-state index contributed by atoms with van der Waals surface area (Å²) < 4.78 is 0. The number of carbonyl (C=O) groups excluding carboxylic acids is 1. The van der Waals surface area contributed by atoms with Crippen LogP contribution in [0, 0.1) is 34.6 Å². The lowest BCUT2D eigenvalue weighted by atomic mass is 9.89. The van der Waals surface area contributed by atoms with Crippen LogP contribution in [-0.4, -0.2) is 5.91 Å². The van der Waals surface area contributed by atoms with Gasteiger partial charge in [0.05, 0.1) is 11.4 Å². The quantitative estimate of drug-likeness (QED) is 0.816. The summed E-state index contributed by atoms with van der Waals surface area (Å²) >= 11 is 0. The highest BCUT2D eigenvalue weighted by Crippen LogP contribution is 2.27. The van der Waals surface area contributed by atoms with Crippen LogP contribution in [0.1, 0.15) is 38.2 Å². The van der Waals surface area contributed by atoms with Crippen LogP contribution >= 0.6 is 0 Å². The molecule has 0 radical (unpaired) electrons. The number of nitrogens with one attached hydrogen (secondary N) is 1. The van der Waals surface area contributed by atoms with Gasteiger partial charge >= 0.3 is 0 Å². The molecule has 3 nitrogen and oxygen atoms in total. The Morgan fingerprint density at radius 1 is 0.857 bits per heavy atom. The highest BCUT2D eigenvalue weighted by Gasteiger charge is 2.18. The maximum atomic E-state index is 12.7. The molecule has 0 aliphatic carbocycles. The van der Waals surface area contributed by atoms with E-state index in [1.54, 1.807) is 6.07 Å². The fraction of sp³-hybridized carbons (Fsp3) is 0.278. The first kappa shape index (κ1) is 15.1. The summed E-state index contributed by atoms with van der Waals surface area (Å²) in [6, 6.07) is 7.30. The van der Waals surface area contributed by atoms with E-state index in [2.05, 4.69) is 26.1 Å². The minimum atomic E-state index is -0.103. The molecule has 1 amide bonds. The van der Waals surface area contributed by atoms with Gasteiger partial charge in [0.1, 0.15) is 0 Å². The molecule has 2 rings (SSSR count). The van der Waals surface area contributed by atoms with Crippen LogP contribution in [0.15, 0.2) is 24.3 Å². The standard InChI is InChI=1S/C18H22N2O/c1-10-11(2)13(4)17(14(5)12(10)3)18(21)20-16-9-7-6-8-15(16)19/h6-9H,19H2,1-5H3,(H,20,21). The fourth-order valence-corrected chi connectivity index (χ4v) is 2.64. The molecule has 0 aromatic heterocycles. The average molecular weight is 282 g/mol. The first-order chi connectivity index (χ1) is 9.84. The lowest BCUT2D eigenvalue weighted by molar-refractivity contribution is 0.102. The molecule has 0 atom stereocenters. The molecule has 0 fully saturated rings. The zero-order valence-electron chi connectivity index (χ0n) is 13.3. The predicted octanol–water partition coefficient (Wildman–Crippen LogP) is 4.06. The molecule has 110 valence electrons. The molecule has 0 heterocycles. The van der Waals surface area contributed by atoms with Crippen molar-refractivity contribution >= 4 is 17.3 Å². The summed E-state index contributed by atoms with van der Waals surface area (Å²) in [4.78, 5) is 12.7. The van der Waals surface area contributed by atoms with Crippen molar-refractivity contribution in [1.29, 1.82) is 0 Å². The Hall–Kier alpha value is -2.29. The molecule has 0 bridgehead atoms. The molecular weight excluding hydrogens is 260 g/mol. The van der Waals surface area contributed by atoms with E-state index in [9.17, 15) is 4.79 Å². The number of hydrogen-bond acceptors (Lipinski definition) is 2. The summed E-state index contributed by atoms with van der Waals surface area (Å²) in [6.07, 6.45) is 0. The lowest BCUT2D eigenvalue weighted by Crippen LogP contribution is -2.18. The molecule has 0 saturated heterocycles. The van der Waals surface area contributed by atoms with Gasteiger partial charge in [0.2, 0.25) is 0 Å². The summed E-state index contributed by atoms with van der Waals surface area (Å²) in [5.74, 6) is -0.103. The highest BCUT2D eigenvalue weighted by atomic mass is 16.1. The average Bonchev–Trinajstić information content (AvgIpc) is 2.46. The van der Waals surface area contributed by atoms with Gasteiger partial charge in [-0.3, -0.25) is 4.79 Å². The first-order valence-corrected chi connectivity index (χ1v) is 7.07. The van der Waals surface area contributed by atoms with Gasteiger partial charge in [-0.15, -0.1) is 0 Å². The lowest BCUT2D eigenvalue weighted by Gasteiger charge is -2.18. The van der Waals surface area contributed by atoms with Crippen molar-refractivity contribution in [3.05, 3.63) is 57.6 Å². The smallest absolute Gasteiger partial charge is 0.256 e. The van der Waals surface area contributed by atoms with E-state index in [1.807, 2.05) is 32.0 Å². The van der Waals surface area contributed by atoms with Crippen molar-refractivity contribution in [2.75, 3.05) is 11.1 Å². The zero-order chi connectivity index (χ0) is 15.7. The van der Waals surface area contributed by atoms with Crippen molar-refractivity contribution in [3.63, 3.8) is 0 Å². The Balaban J connectivity index is 2.48. The monoisotopic (exact) mass is 282 g/mol. The Bertz CT molecular complexity index is 688. The second kappa shape index (κ2) is 5.60. The summed E-state index contributed by atoms with van der Waals surface area (Å²) in [5, 5.41) is 2.92. The third-order valence-electron chi connectivity index (χ3n) is 4.44. The van der Waals surface area contributed by atoms with Gasteiger partial charge in [-0.1, -0.05) is 12.1 Å². The maximum Gasteiger partial charge on any atom is 0.256 e. The minimum absolute atomic E-state index is 0.103. The molecule has 3 heteroatoms. The van der Waals surface area contributed by atoms with E-state index in [0.717, 1.165) is 16.7 Å². The normalized spacial score (nSPS) is 10.5. The minimum Gasteiger partial charge on any atom is -0.397 e. The van der Waals surface area contributed by atoms with E-state index in [1.165, 1.54) is 16.7 Å². The van der Waals surface area contributed by atoms with E-state index in [4.69, 9.17) is 5.73 Å². The second-order valence-corrected chi connectivity index (χ2v) is 5.54. The van der Waals surface area contributed by atoms with E-state index >= 15 is 0 Å². The summed E-state index contributed by atoms with van der Waals surface area (Å²) in [7, 11) is 0. The Labute approximate surface area is 126 Å². The summed E-state index contributed by atoms with van der Waals surface area (Å²) in [6.45, 7) is 10.2. The number of hydrogen-bond donors (Lipinski definition) is 2. The molecule has 2 aromatic carbocycles. The molecule has 3 N–H and O–H groups in total. The number of anilines is 2. The van der Waals surface area contributed by atoms with Crippen molar-refractivity contribution in [2.24, 2.45) is 0 Å². The van der Waals surface area contributed by atoms with Crippen LogP contribution in [0.25, 0.3) is 0 Å². The third kappa shape index (κ3) is 2.64. The van der Waals surface area contributed by atoms with Gasteiger partial charge in [0, 0.05) is 5.56 Å². The molecule has 0 aliphatic heterocycles. The van der Waals surface area contributed by atoms with Gasteiger partial charge in [-0.05, 0) is 74.6 Å². The number of carbonyl (C=O) groups is 1. The fourth-order valence-electron chi connectivity index (χ4n) is 2.64. The molecule has 0 aliphatic rings. The Morgan fingerprint density at radius 2 is 1.33 bits per heavy atom. The number of para-hydroxylation sites is 2. The second-order valence-electron chi connectivity index (χ2n) is 5.54. The topological polar surface area (TPSA) is 55.1 Å². The number of rotatable bonds is 2. The van der Waals surface area contributed by atoms with Crippen LogP contribution in [-0.2, 0) is 0 Å². The number of amides is 1. The van der Waals surface area contributed by atoms with Gasteiger partial charge in [-0.2, -0.15) is 0 Å². The van der Waals surface area contributed by atoms with Crippen LogP contribution in [0.2, 0.25) is 0 Å². The van der Waals surface area contributed by atoms with Crippen LogP contribution < -0.4 is 11.1 Å². The van der Waals surface area contributed by atoms with Gasteiger partial charge < -0.3 is 11.1 Å². The number of benzene rings is 2. The van der Waals surface area contributed by atoms with Gasteiger partial charge in [-0.25, -0.2) is 0 Å². The summed E-state index contributed by atoms with van der Waals surface area (Å²) in [5.41, 5.74) is 13.5. The first-order valence-electron chi connectivity index (χ1n) is 7.07. The number of nitrogen functional groups attached to an aromatic ring is 1. The number of nitrogens with two attached hydrogens (primary N) is 1. The van der Waals surface area contributed by atoms with Crippen molar-refractivity contribution in [2.45, 2.75) is 34.6 Å². The molecule has 0 unspecified atom stereocenters. The zero-order valence-corrected chi connectivity index (χ0v) is 13.3. The molecule has 0 spiro atoms. The van der Waals surface area contributed by atoms with Crippen molar-refractivity contribution in [3.8, 4) is 0 Å². The van der Waals surface area contributed by atoms with E-state index < -0.39 is 0 Å². The largest absolute Gasteiger partial charge is 0.397 e. The van der Waals surface area contributed by atoms with Crippen molar-refractivity contribution in [1.82, 2.24) is 0 Å². The molecule has 0 saturated carbocycles. The molecular formula is C18H22N2O. The Morgan fingerprint density at radius 3 is 1.86 bits per heavy atom. The predicted molar refractivity (Wildman–Crippen MR) is 88.9 cm³/mol. The highest BCUT2D eigenvalue weighted by molar-refractivity contribution is 6.08.